The van der Waals surface area contributed by atoms with Crippen LogP contribution in [0.3, 0.4) is 0 Å². The van der Waals surface area contributed by atoms with Gasteiger partial charge in [-0.15, -0.1) is 0 Å². The first kappa shape index (κ1) is 12.7. The molecule has 0 aromatic heterocycles. The average molecular weight is 222 g/mol. The van der Waals surface area contributed by atoms with Gasteiger partial charge in [-0.3, -0.25) is 4.89 Å². The van der Waals surface area contributed by atoms with Crippen LogP contribution in [0.15, 0.2) is 12.1 Å². The quantitative estimate of drug-likeness (QED) is 0.446. The van der Waals surface area contributed by atoms with Crippen LogP contribution >= 0.6 is 0 Å². The van der Waals surface area contributed by atoms with Crippen LogP contribution < -0.4 is 0 Å². The lowest BCUT2D eigenvalue weighted by atomic mass is 10.0. The Morgan fingerprint density at radius 1 is 1.19 bits per heavy atom. The van der Waals surface area contributed by atoms with Crippen LogP contribution in [0.2, 0.25) is 0 Å². The summed E-state index contributed by atoms with van der Waals surface area (Å²) in [5.74, 6) is -0.413. The van der Waals surface area contributed by atoms with Crippen molar-refractivity contribution in [3.63, 3.8) is 0 Å². The molecule has 0 unspecified atom stereocenters. The fourth-order valence-electron chi connectivity index (χ4n) is 1.72. The highest BCUT2D eigenvalue weighted by molar-refractivity contribution is 5.92. The molecule has 0 fully saturated rings. The van der Waals surface area contributed by atoms with Gasteiger partial charge in [0.1, 0.15) is 0 Å². The number of hydrogen-bond acceptors (Lipinski definition) is 3. The van der Waals surface area contributed by atoms with Crippen molar-refractivity contribution in [2.24, 2.45) is 0 Å². The van der Waals surface area contributed by atoms with Crippen LogP contribution in [0.1, 0.15) is 40.4 Å². The average Bonchev–Trinajstić information content (AvgIpc) is 2.16. The Morgan fingerprint density at radius 2 is 1.75 bits per heavy atom. The van der Waals surface area contributed by atoms with Gasteiger partial charge in [-0.25, -0.2) is 4.79 Å². The maximum Gasteiger partial charge on any atom is 0.373 e. The minimum Gasteiger partial charge on any atom is -0.293 e. The maximum atomic E-state index is 11.7. The largest absolute Gasteiger partial charge is 0.373 e. The number of benzene rings is 1. The van der Waals surface area contributed by atoms with Gasteiger partial charge in [0.2, 0.25) is 0 Å². The van der Waals surface area contributed by atoms with Crippen LogP contribution in [0, 0.1) is 20.8 Å². The zero-order valence-corrected chi connectivity index (χ0v) is 10.3. The maximum absolute atomic E-state index is 11.7. The highest BCUT2D eigenvalue weighted by atomic mass is 17.2. The smallest absolute Gasteiger partial charge is 0.293 e. The lowest BCUT2D eigenvalue weighted by Gasteiger charge is -2.09. The lowest BCUT2D eigenvalue weighted by molar-refractivity contribution is -0.240. The fraction of sp³-hybridized carbons (Fsp3) is 0.462. The second-order valence-electron chi connectivity index (χ2n) is 3.97. The molecular formula is C13H18O3. The molecule has 0 N–H and O–H groups in total. The van der Waals surface area contributed by atoms with E-state index in [2.05, 4.69) is 0 Å². The van der Waals surface area contributed by atoms with E-state index in [1.54, 1.807) is 0 Å². The summed E-state index contributed by atoms with van der Waals surface area (Å²) in [6.07, 6.45) is 0.819. The van der Waals surface area contributed by atoms with Gasteiger partial charge in [0.25, 0.3) is 0 Å². The molecule has 1 aromatic carbocycles. The van der Waals surface area contributed by atoms with Crippen molar-refractivity contribution < 1.29 is 14.6 Å². The molecule has 0 heterocycles. The van der Waals surface area contributed by atoms with Crippen molar-refractivity contribution in [1.82, 2.24) is 0 Å². The third-order valence-electron chi connectivity index (χ3n) is 2.30. The van der Waals surface area contributed by atoms with Crippen LogP contribution in [-0.2, 0) is 9.78 Å². The van der Waals surface area contributed by atoms with Gasteiger partial charge in [0, 0.05) is 0 Å². The molecule has 1 aromatic rings. The topological polar surface area (TPSA) is 35.5 Å². The molecule has 0 radical (unpaired) electrons. The standard InChI is InChI=1S/C13H18O3/c1-5-6-15-16-13(14)12-10(3)7-9(2)8-11(12)4/h7-8H,5-6H2,1-4H3. The highest BCUT2D eigenvalue weighted by Gasteiger charge is 2.15. The van der Waals surface area contributed by atoms with Crippen molar-refractivity contribution in [3.05, 3.63) is 34.4 Å². The number of hydrogen-bond donors (Lipinski definition) is 0. The summed E-state index contributed by atoms with van der Waals surface area (Å²) in [5, 5.41) is 0. The summed E-state index contributed by atoms with van der Waals surface area (Å²) in [5.41, 5.74) is 3.58. The molecule has 0 aliphatic heterocycles. The molecule has 0 amide bonds. The number of carbonyl (C=O) groups excluding carboxylic acids is 1. The third-order valence-corrected chi connectivity index (χ3v) is 2.30. The second-order valence-corrected chi connectivity index (χ2v) is 3.97. The summed E-state index contributed by atoms with van der Waals surface area (Å²) in [4.78, 5) is 21.2. The van der Waals surface area contributed by atoms with E-state index in [1.807, 2.05) is 39.8 Å². The predicted molar refractivity (Wildman–Crippen MR) is 62.3 cm³/mol. The molecule has 88 valence electrons. The van der Waals surface area contributed by atoms with E-state index in [4.69, 9.17) is 9.78 Å². The van der Waals surface area contributed by atoms with Gasteiger partial charge in [-0.1, -0.05) is 24.6 Å². The molecule has 0 saturated carbocycles. The Kier molecular flexibility index (Phi) is 4.50. The molecule has 0 saturated heterocycles. The number of carbonyl (C=O) groups is 1. The molecule has 0 aliphatic rings. The van der Waals surface area contributed by atoms with E-state index in [9.17, 15) is 4.79 Å². The summed E-state index contributed by atoms with van der Waals surface area (Å²) >= 11 is 0. The van der Waals surface area contributed by atoms with Crippen molar-refractivity contribution in [1.29, 1.82) is 0 Å². The van der Waals surface area contributed by atoms with E-state index < -0.39 is 5.97 Å². The number of rotatable bonds is 4. The first-order chi connectivity index (χ1) is 7.56. The molecular weight excluding hydrogens is 204 g/mol. The van der Waals surface area contributed by atoms with Crippen LogP contribution in [0.25, 0.3) is 0 Å². The van der Waals surface area contributed by atoms with Gasteiger partial charge in [-0.2, -0.15) is 4.89 Å². The van der Waals surface area contributed by atoms with Crippen molar-refractivity contribution in [2.75, 3.05) is 6.61 Å². The molecule has 0 bridgehead atoms. The van der Waals surface area contributed by atoms with E-state index in [0.717, 1.165) is 23.1 Å². The Balaban J connectivity index is 2.83. The van der Waals surface area contributed by atoms with Crippen LogP contribution in [0.4, 0.5) is 0 Å². The van der Waals surface area contributed by atoms with Gasteiger partial charge >= 0.3 is 5.97 Å². The lowest BCUT2D eigenvalue weighted by Crippen LogP contribution is -2.10. The van der Waals surface area contributed by atoms with Crippen molar-refractivity contribution in [2.45, 2.75) is 34.1 Å². The first-order valence-electron chi connectivity index (χ1n) is 5.48. The second kappa shape index (κ2) is 5.66. The Morgan fingerprint density at radius 3 is 2.25 bits per heavy atom. The summed E-state index contributed by atoms with van der Waals surface area (Å²) < 4.78 is 0. The fourth-order valence-corrected chi connectivity index (χ4v) is 1.72. The normalized spacial score (nSPS) is 10.2. The summed E-state index contributed by atoms with van der Waals surface area (Å²) in [6, 6.07) is 3.92. The van der Waals surface area contributed by atoms with Crippen molar-refractivity contribution in [3.8, 4) is 0 Å². The Labute approximate surface area is 96.3 Å². The zero-order valence-electron chi connectivity index (χ0n) is 10.3. The molecule has 3 heteroatoms. The molecule has 0 aliphatic carbocycles. The summed E-state index contributed by atoms with van der Waals surface area (Å²) in [7, 11) is 0. The van der Waals surface area contributed by atoms with Gasteiger partial charge in [0.15, 0.2) is 0 Å². The SMILES string of the molecule is CCCOOC(=O)c1c(C)cc(C)cc1C. The monoisotopic (exact) mass is 222 g/mol. The minimum atomic E-state index is -0.413. The van der Waals surface area contributed by atoms with E-state index in [-0.39, 0.29) is 0 Å². The minimum absolute atomic E-state index is 0.413. The molecule has 3 nitrogen and oxygen atoms in total. The third kappa shape index (κ3) is 3.07. The van der Waals surface area contributed by atoms with E-state index in [0.29, 0.717) is 12.2 Å². The first-order valence-corrected chi connectivity index (χ1v) is 5.48. The molecule has 1 rings (SSSR count). The summed E-state index contributed by atoms with van der Waals surface area (Å²) in [6.45, 7) is 8.18. The molecule has 0 spiro atoms. The van der Waals surface area contributed by atoms with Gasteiger partial charge < -0.3 is 0 Å². The van der Waals surface area contributed by atoms with Crippen LogP contribution in [-0.4, -0.2) is 12.6 Å². The van der Waals surface area contributed by atoms with Gasteiger partial charge in [0.05, 0.1) is 12.2 Å². The molecule has 16 heavy (non-hydrogen) atoms. The zero-order chi connectivity index (χ0) is 12.1. The van der Waals surface area contributed by atoms with Gasteiger partial charge in [-0.05, 0) is 38.3 Å². The van der Waals surface area contributed by atoms with Crippen LogP contribution in [0.5, 0.6) is 0 Å². The highest BCUT2D eigenvalue weighted by Crippen LogP contribution is 2.17. The van der Waals surface area contributed by atoms with E-state index in [1.165, 1.54) is 0 Å². The van der Waals surface area contributed by atoms with Crippen molar-refractivity contribution >= 4 is 5.97 Å². The predicted octanol–water partition coefficient (Wildman–Crippen LogP) is 3.11. The number of aryl methyl sites for hydroxylation is 3. The Bertz CT molecular complexity index is 360. The van der Waals surface area contributed by atoms with E-state index >= 15 is 0 Å². The molecule has 0 atom stereocenters. The Hall–Kier alpha value is -1.35.